The second kappa shape index (κ2) is 2.86. The normalized spacial score (nSPS) is 16.5. The zero-order chi connectivity index (χ0) is 9.35. The molecule has 1 aromatic rings. The molecule has 2 N–H and O–H groups in total. The molecule has 0 fully saturated rings. The van der Waals surface area contributed by atoms with Crippen LogP contribution in [0, 0.1) is 0 Å². The number of aryl methyl sites for hydroxylation is 1. The molecule has 0 amide bonds. The van der Waals surface area contributed by atoms with Crippen LogP contribution in [0.5, 0.6) is 0 Å². The summed E-state index contributed by atoms with van der Waals surface area (Å²) in [5.41, 5.74) is 4.34. The third-order valence-electron chi connectivity index (χ3n) is 1.95. The highest BCUT2D eigenvalue weighted by Crippen LogP contribution is 2.24. The number of rotatable bonds is 2. The minimum Gasteiger partial charge on any atom is -0.353 e. The number of nitrogens with two attached hydrogens (primary N) is 1. The summed E-state index contributed by atoms with van der Waals surface area (Å²) in [6.45, 7) is 1.33. The molecule has 0 radical (unpaired) electrons. The molecule has 1 heterocycles. The summed E-state index contributed by atoms with van der Waals surface area (Å²) in [6, 6.07) is 3.30. The first-order valence-corrected chi connectivity index (χ1v) is 3.65. The standard InChI is InChI=1S/C8H12F2N2/c1-8(11,7(9)10)6-4-3-5-12(6)2/h3-5,7H,11H2,1-2H3. The monoisotopic (exact) mass is 174 g/mol. The quantitative estimate of drug-likeness (QED) is 0.723. The topological polar surface area (TPSA) is 30.9 Å². The Bertz CT molecular complexity index is 266. The Morgan fingerprint density at radius 1 is 1.58 bits per heavy atom. The number of hydrogen-bond donors (Lipinski definition) is 1. The lowest BCUT2D eigenvalue weighted by molar-refractivity contribution is 0.0586. The van der Waals surface area contributed by atoms with Crippen molar-refractivity contribution < 1.29 is 8.78 Å². The molecule has 1 unspecified atom stereocenters. The highest BCUT2D eigenvalue weighted by atomic mass is 19.3. The van der Waals surface area contributed by atoms with Crippen LogP contribution in [-0.2, 0) is 12.6 Å². The van der Waals surface area contributed by atoms with Gasteiger partial charge in [-0.05, 0) is 19.1 Å². The zero-order valence-electron chi connectivity index (χ0n) is 7.09. The van der Waals surface area contributed by atoms with E-state index in [9.17, 15) is 8.78 Å². The van der Waals surface area contributed by atoms with E-state index in [0.717, 1.165) is 0 Å². The van der Waals surface area contributed by atoms with Crippen molar-refractivity contribution in [2.45, 2.75) is 18.9 Å². The van der Waals surface area contributed by atoms with Crippen LogP contribution in [0.4, 0.5) is 8.78 Å². The van der Waals surface area contributed by atoms with E-state index in [0.29, 0.717) is 5.69 Å². The van der Waals surface area contributed by atoms with Gasteiger partial charge in [0.25, 0.3) is 6.43 Å². The van der Waals surface area contributed by atoms with Crippen molar-refractivity contribution >= 4 is 0 Å². The van der Waals surface area contributed by atoms with Crippen molar-refractivity contribution in [3.63, 3.8) is 0 Å². The molecular formula is C8H12F2N2. The molecule has 0 bridgehead atoms. The molecule has 0 saturated carbocycles. The second-order valence-corrected chi connectivity index (χ2v) is 3.09. The van der Waals surface area contributed by atoms with E-state index in [4.69, 9.17) is 5.73 Å². The van der Waals surface area contributed by atoms with Crippen LogP contribution in [0.25, 0.3) is 0 Å². The molecule has 0 aliphatic heterocycles. The van der Waals surface area contributed by atoms with Crippen molar-refractivity contribution in [1.29, 1.82) is 0 Å². The Morgan fingerprint density at radius 3 is 2.50 bits per heavy atom. The highest BCUT2D eigenvalue weighted by Gasteiger charge is 2.34. The molecule has 0 aromatic carbocycles. The van der Waals surface area contributed by atoms with Crippen LogP contribution >= 0.6 is 0 Å². The Kier molecular flexibility index (Phi) is 2.19. The Morgan fingerprint density at radius 2 is 2.17 bits per heavy atom. The lowest BCUT2D eigenvalue weighted by atomic mass is 10.0. The van der Waals surface area contributed by atoms with Crippen LogP contribution in [0.3, 0.4) is 0 Å². The van der Waals surface area contributed by atoms with Gasteiger partial charge in [-0.2, -0.15) is 0 Å². The molecule has 1 rings (SSSR count). The van der Waals surface area contributed by atoms with Gasteiger partial charge in [0.05, 0.1) is 0 Å². The smallest absolute Gasteiger partial charge is 0.261 e. The van der Waals surface area contributed by atoms with Gasteiger partial charge in [-0.1, -0.05) is 0 Å². The predicted octanol–water partition coefficient (Wildman–Crippen LogP) is 1.46. The van der Waals surface area contributed by atoms with Gasteiger partial charge in [-0.25, -0.2) is 8.78 Å². The van der Waals surface area contributed by atoms with Crippen molar-refractivity contribution in [3.8, 4) is 0 Å². The van der Waals surface area contributed by atoms with Gasteiger partial charge in [0.15, 0.2) is 0 Å². The van der Waals surface area contributed by atoms with Crippen molar-refractivity contribution in [3.05, 3.63) is 24.0 Å². The lowest BCUT2D eigenvalue weighted by Crippen LogP contribution is -2.42. The summed E-state index contributed by atoms with van der Waals surface area (Å²) in [6.07, 6.45) is -0.853. The molecule has 1 atom stereocenters. The Hall–Kier alpha value is -0.900. The summed E-state index contributed by atoms with van der Waals surface area (Å²) in [4.78, 5) is 0. The van der Waals surface area contributed by atoms with Gasteiger partial charge in [0.2, 0.25) is 0 Å². The average molecular weight is 174 g/mol. The van der Waals surface area contributed by atoms with E-state index in [2.05, 4.69) is 0 Å². The van der Waals surface area contributed by atoms with Crippen LogP contribution < -0.4 is 5.73 Å². The van der Waals surface area contributed by atoms with E-state index in [1.54, 1.807) is 29.9 Å². The van der Waals surface area contributed by atoms with Gasteiger partial charge in [-0.15, -0.1) is 0 Å². The Balaban J connectivity index is 3.05. The fourth-order valence-corrected chi connectivity index (χ4v) is 1.13. The van der Waals surface area contributed by atoms with Crippen molar-refractivity contribution in [1.82, 2.24) is 4.57 Å². The number of nitrogens with zero attached hydrogens (tertiary/aromatic N) is 1. The molecule has 2 nitrogen and oxygen atoms in total. The predicted molar refractivity (Wildman–Crippen MR) is 43.0 cm³/mol. The van der Waals surface area contributed by atoms with Crippen LogP contribution in [-0.4, -0.2) is 11.0 Å². The lowest BCUT2D eigenvalue weighted by Gasteiger charge is -2.24. The minimum atomic E-state index is -2.55. The van der Waals surface area contributed by atoms with Crippen LogP contribution in [0.2, 0.25) is 0 Å². The molecule has 68 valence electrons. The third kappa shape index (κ3) is 1.34. The fraction of sp³-hybridized carbons (Fsp3) is 0.500. The Labute approximate surface area is 70.0 Å². The molecule has 12 heavy (non-hydrogen) atoms. The minimum absolute atomic E-state index is 0.442. The van der Waals surface area contributed by atoms with E-state index in [1.165, 1.54) is 6.92 Å². The second-order valence-electron chi connectivity index (χ2n) is 3.09. The summed E-state index contributed by atoms with van der Waals surface area (Å²) in [7, 11) is 1.70. The first kappa shape index (κ1) is 9.19. The van der Waals surface area contributed by atoms with E-state index in [-0.39, 0.29) is 0 Å². The third-order valence-corrected chi connectivity index (χ3v) is 1.95. The molecule has 0 aliphatic carbocycles. The molecule has 0 aliphatic rings. The maximum atomic E-state index is 12.4. The van der Waals surface area contributed by atoms with Crippen LogP contribution in [0.1, 0.15) is 12.6 Å². The van der Waals surface area contributed by atoms with Gasteiger partial charge >= 0.3 is 0 Å². The van der Waals surface area contributed by atoms with Gasteiger partial charge < -0.3 is 10.3 Å². The van der Waals surface area contributed by atoms with E-state index >= 15 is 0 Å². The summed E-state index contributed by atoms with van der Waals surface area (Å²) < 4.78 is 26.4. The maximum Gasteiger partial charge on any atom is 0.261 e. The van der Waals surface area contributed by atoms with Gasteiger partial charge in [0.1, 0.15) is 5.54 Å². The number of aromatic nitrogens is 1. The van der Waals surface area contributed by atoms with E-state index in [1.807, 2.05) is 0 Å². The average Bonchev–Trinajstić information content (AvgIpc) is 2.35. The van der Waals surface area contributed by atoms with Gasteiger partial charge in [-0.3, -0.25) is 0 Å². The number of hydrogen-bond acceptors (Lipinski definition) is 1. The summed E-state index contributed by atoms with van der Waals surface area (Å²) >= 11 is 0. The fourth-order valence-electron chi connectivity index (χ4n) is 1.13. The number of alkyl halides is 2. The first-order valence-electron chi connectivity index (χ1n) is 3.65. The first-order chi connectivity index (χ1) is 5.46. The summed E-state index contributed by atoms with van der Waals surface area (Å²) in [5, 5.41) is 0. The zero-order valence-corrected chi connectivity index (χ0v) is 7.09. The molecule has 4 heteroatoms. The van der Waals surface area contributed by atoms with Crippen molar-refractivity contribution in [2.75, 3.05) is 0 Å². The largest absolute Gasteiger partial charge is 0.353 e. The number of halogens is 2. The molecular weight excluding hydrogens is 162 g/mol. The molecule has 0 saturated heterocycles. The van der Waals surface area contributed by atoms with Crippen LogP contribution in [0.15, 0.2) is 18.3 Å². The SMILES string of the molecule is Cn1cccc1C(C)(N)C(F)F. The van der Waals surface area contributed by atoms with Gasteiger partial charge in [0, 0.05) is 18.9 Å². The maximum absolute atomic E-state index is 12.4. The summed E-state index contributed by atoms with van der Waals surface area (Å²) in [5.74, 6) is 0. The molecule has 0 spiro atoms. The van der Waals surface area contributed by atoms with E-state index < -0.39 is 12.0 Å². The molecule has 1 aromatic heterocycles. The highest BCUT2D eigenvalue weighted by molar-refractivity contribution is 5.17. The van der Waals surface area contributed by atoms with Crippen molar-refractivity contribution in [2.24, 2.45) is 12.8 Å².